The molecule has 0 bridgehead atoms. The van der Waals surface area contributed by atoms with Crippen LogP contribution in [0.3, 0.4) is 0 Å². The molecule has 0 spiro atoms. The molecule has 4 rings (SSSR count). The number of hydrogen-bond donors (Lipinski definition) is 2. The predicted octanol–water partition coefficient (Wildman–Crippen LogP) is 4.06. The molecule has 0 unspecified atom stereocenters. The summed E-state index contributed by atoms with van der Waals surface area (Å²) in [6.45, 7) is 2.88. The highest BCUT2D eigenvalue weighted by atomic mass is 16.5. The van der Waals surface area contributed by atoms with Gasteiger partial charge in [0.2, 0.25) is 0 Å². The molecule has 4 aromatic rings. The van der Waals surface area contributed by atoms with E-state index < -0.39 is 0 Å². The lowest BCUT2D eigenvalue weighted by Gasteiger charge is -2.12. The number of benzene rings is 3. The second-order valence-electron chi connectivity index (χ2n) is 6.97. The van der Waals surface area contributed by atoms with Crippen LogP contribution < -0.4 is 10.5 Å². The smallest absolute Gasteiger partial charge is 0.297 e. The second-order valence-corrected chi connectivity index (χ2v) is 6.97. The Kier molecular flexibility index (Phi) is 5.66. The molecule has 0 atom stereocenters. The standard InChI is InChI=1S/C24H22N4O3/c1-2-31-24-26-21-9-5-6-18(15-29)22(21)28(24)14-16-10-12-17(13-11-16)19-7-3-4-8-20(19)23(25)27-30/h3-13,15,30H,2,14H2,1H3,(H2,25,27). The van der Waals surface area contributed by atoms with E-state index in [1.165, 1.54) is 0 Å². The van der Waals surface area contributed by atoms with Crippen molar-refractivity contribution in [2.24, 2.45) is 10.9 Å². The van der Waals surface area contributed by atoms with Crippen LogP contribution in [0.5, 0.6) is 6.01 Å². The van der Waals surface area contributed by atoms with Crippen LogP contribution in [0, 0.1) is 0 Å². The van der Waals surface area contributed by atoms with Gasteiger partial charge in [0.15, 0.2) is 12.1 Å². The molecule has 0 aliphatic heterocycles. The number of rotatable bonds is 7. The summed E-state index contributed by atoms with van der Waals surface area (Å²) in [4.78, 5) is 16.1. The fourth-order valence-electron chi connectivity index (χ4n) is 3.66. The van der Waals surface area contributed by atoms with Crippen molar-refractivity contribution in [3.05, 3.63) is 83.4 Å². The van der Waals surface area contributed by atoms with Crippen LogP contribution in [0.4, 0.5) is 0 Å². The van der Waals surface area contributed by atoms with E-state index in [2.05, 4.69) is 10.1 Å². The highest BCUT2D eigenvalue weighted by Gasteiger charge is 2.15. The quantitative estimate of drug-likeness (QED) is 0.156. The summed E-state index contributed by atoms with van der Waals surface area (Å²) >= 11 is 0. The van der Waals surface area contributed by atoms with Gasteiger partial charge in [0.25, 0.3) is 6.01 Å². The summed E-state index contributed by atoms with van der Waals surface area (Å²) < 4.78 is 7.64. The van der Waals surface area contributed by atoms with Crippen molar-refractivity contribution in [3.8, 4) is 17.1 Å². The molecule has 7 nitrogen and oxygen atoms in total. The molecular formula is C24H22N4O3. The monoisotopic (exact) mass is 414 g/mol. The van der Waals surface area contributed by atoms with Crippen LogP contribution in [0.1, 0.15) is 28.4 Å². The number of carbonyl (C=O) groups excluding carboxylic acids is 1. The van der Waals surface area contributed by atoms with Crippen molar-refractivity contribution < 1.29 is 14.7 Å². The second kappa shape index (κ2) is 8.71. The molecule has 3 N–H and O–H groups in total. The van der Waals surface area contributed by atoms with Crippen molar-refractivity contribution in [1.29, 1.82) is 0 Å². The van der Waals surface area contributed by atoms with Crippen LogP contribution in [-0.2, 0) is 6.54 Å². The fourth-order valence-corrected chi connectivity index (χ4v) is 3.66. The molecule has 0 fully saturated rings. The molecule has 3 aromatic carbocycles. The summed E-state index contributed by atoms with van der Waals surface area (Å²) in [5.74, 6) is 0.0623. The summed E-state index contributed by atoms with van der Waals surface area (Å²) in [5.41, 5.74) is 11.4. The lowest BCUT2D eigenvalue weighted by Crippen LogP contribution is -2.14. The summed E-state index contributed by atoms with van der Waals surface area (Å²) in [7, 11) is 0. The third-order valence-corrected chi connectivity index (χ3v) is 5.08. The number of hydrogen-bond acceptors (Lipinski definition) is 5. The van der Waals surface area contributed by atoms with Gasteiger partial charge in [0.1, 0.15) is 0 Å². The lowest BCUT2D eigenvalue weighted by atomic mass is 9.98. The van der Waals surface area contributed by atoms with Gasteiger partial charge in [-0.1, -0.05) is 59.8 Å². The van der Waals surface area contributed by atoms with Crippen LogP contribution in [0.15, 0.2) is 71.9 Å². The molecule has 0 aliphatic carbocycles. The molecule has 1 heterocycles. The average molecular weight is 414 g/mol. The van der Waals surface area contributed by atoms with Gasteiger partial charge >= 0.3 is 0 Å². The van der Waals surface area contributed by atoms with Gasteiger partial charge in [-0.25, -0.2) is 0 Å². The minimum absolute atomic E-state index is 0.0623. The molecule has 1 aromatic heterocycles. The van der Waals surface area contributed by atoms with Gasteiger partial charge in [-0.15, -0.1) is 0 Å². The third kappa shape index (κ3) is 3.85. The Morgan fingerprint density at radius 3 is 2.61 bits per heavy atom. The number of para-hydroxylation sites is 1. The first kappa shape index (κ1) is 20.2. The minimum Gasteiger partial charge on any atom is -0.465 e. The highest BCUT2D eigenvalue weighted by Crippen LogP contribution is 2.27. The predicted molar refractivity (Wildman–Crippen MR) is 120 cm³/mol. The van der Waals surface area contributed by atoms with Crippen molar-refractivity contribution in [1.82, 2.24) is 9.55 Å². The highest BCUT2D eigenvalue weighted by molar-refractivity contribution is 6.03. The molecule has 31 heavy (non-hydrogen) atoms. The van der Waals surface area contributed by atoms with Gasteiger partial charge in [0, 0.05) is 11.1 Å². The van der Waals surface area contributed by atoms with E-state index in [-0.39, 0.29) is 5.84 Å². The van der Waals surface area contributed by atoms with E-state index >= 15 is 0 Å². The maximum absolute atomic E-state index is 11.6. The maximum Gasteiger partial charge on any atom is 0.297 e. The molecule has 0 saturated heterocycles. The van der Waals surface area contributed by atoms with Gasteiger partial charge in [-0.05, 0) is 35.7 Å². The molecule has 0 aliphatic rings. The summed E-state index contributed by atoms with van der Waals surface area (Å²) in [6.07, 6.45) is 0.837. The molecular weight excluding hydrogens is 392 g/mol. The maximum atomic E-state index is 11.6. The van der Waals surface area contributed by atoms with E-state index in [4.69, 9.17) is 15.7 Å². The zero-order valence-corrected chi connectivity index (χ0v) is 17.0. The topological polar surface area (TPSA) is 103 Å². The number of nitrogens with zero attached hydrogens (tertiary/aromatic N) is 3. The number of ether oxygens (including phenoxy) is 1. The van der Waals surface area contributed by atoms with Gasteiger partial charge in [0.05, 0.1) is 24.2 Å². The number of oxime groups is 1. The van der Waals surface area contributed by atoms with Gasteiger partial charge < -0.3 is 15.7 Å². The number of amidine groups is 1. The number of imidazole rings is 1. The summed E-state index contributed by atoms with van der Waals surface area (Å²) in [5, 5.41) is 12.2. The van der Waals surface area contributed by atoms with E-state index in [1.54, 1.807) is 6.07 Å². The molecule has 0 amide bonds. The van der Waals surface area contributed by atoms with Crippen molar-refractivity contribution in [2.45, 2.75) is 13.5 Å². The van der Waals surface area contributed by atoms with Crippen molar-refractivity contribution in [3.63, 3.8) is 0 Å². The van der Waals surface area contributed by atoms with Crippen molar-refractivity contribution in [2.75, 3.05) is 6.61 Å². The van der Waals surface area contributed by atoms with E-state index in [9.17, 15) is 4.79 Å². The van der Waals surface area contributed by atoms with Gasteiger partial charge in [-0.3, -0.25) is 9.36 Å². The average Bonchev–Trinajstić information content (AvgIpc) is 3.16. The Hall–Kier alpha value is -4.13. The van der Waals surface area contributed by atoms with Crippen LogP contribution >= 0.6 is 0 Å². The van der Waals surface area contributed by atoms with Crippen LogP contribution in [0.25, 0.3) is 22.2 Å². The first-order valence-electron chi connectivity index (χ1n) is 9.89. The number of nitrogens with two attached hydrogens (primary N) is 1. The number of carbonyl (C=O) groups is 1. The zero-order chi connectivity index (χ0) is 21.8. The first-order valence-corrected chi connectivity index (χ1v) is 9.89. The zero-order valence-electron chi connectivity index (χ0n) is 17.0. The third-order valence-electron chi connectivity index (χ3n) is 5.08. The van der Waals surface area contributed by atoms with E-state index in [0.717, 1.165) is 34.0 Å². The Balaban J connectivity index is 1.72. The van der Waals surface area contributed by atoms with E-state index in [0.29, 0.717) is 30.3 Å². The first-order chi connectivity index (χ1) is 15.2. The largest absolute Gasteiger partial charge is 0.465 e. The molecule has 0 saturated carbocycles. The number of aldehydes is 1. The van der Waals surface area contributed by atoms with Crippen LogP contribution in [0.2, 0.25) is 0 Å². The summed E-state index contributed by atoms with van der Waals surface area (Å²) in [6, 6.07) is 21.4. The Labute approximate surface area is 179 Å². The Morgan fingerprint density at radius 1 is 1.13 bits per heavy atom. The SMILES string of the molecule is CCOc1nc2cccc(C=O)c2n1Cc1ccc(-c2ccccc2/C(N)=N/O)cc1. The molecule has 7 heteroatoms. The molecule has 156 valence electrons. The Bertz CT molecular complexity index is 1260. The lowest BCUT2D eigenvalue weighted by molar-refractivity contribution is 0.112. The normalized spacial score (nSPS) is 11.6. The van der Waals surface area contributed by atoms with Crippen LogP contribution in [-0.4, -0.2) is 33.5 Å². The number of fused-ring (bicyclic) bond motifs is 1. The van der Waals surface area contributed by atoms with E-state index in [1.807, 2.05) is 72.2 Å². The van der Waals surface area contributed by atoms with Crippen molar-refractivity contribution >= 4 is 23.2 Å². The minimum atomic E-state index is 0.0623. The molecule has 0 radical (unpaired) electrons. The fraction of sp³-hybridized carbons (Fsp3) is 0.125. The van der Waals surface area contributed by atoms with Gasteiger partial charge in [-0.2, -0.15) is 4.98 Å². The Morgan fingerprint density at radius 2 is 1.90 bits per heavy atom. The number of aromatic nitrogens is 2.